The number of halogens is 9. The van der Waals surface area contributed by atoms with Crippen molar-refractivity contribution in [1.29, 1.82) is 0 Å². The summed E-state index contributed by atoms with van der Waals surface area (Å²) in [5.74, 6) is 0. The molecule has 0 amide bonds. The third kappa shape index (κ3) is 7.19. The number of hydrogen-bond donors (Lipinski definition) is 6. The van der Waals surface area contributed by atoms with Crippen LogP contribution in [-0.4, -0.2) is 28.7 Å². The molecule has 0 saturated heterocycles. The Hall–Kier alpha value is -7.75. The van der Waals surface area contributed by atoms with Crippen LogP contribution < -0.4 is 22.9 Å². The van der Waals surface area contributed by atoms with Gasteiger partial charge in [0.15, 0.2) is 5.60 Å². The smallest absolute Gasteiger partial charge is 0.399 e. The first kappa shape index (κ1) is 48.3. The van der Waals surface area contributed by atoms with Gasteiger partial charge in [0, 0.05) is 33.9 Å². The van der Waals surface area contributed by atoms with E-state index in [2.05, 4.69) is 72.8 Å². The summed E-state index contributed by atoms with van der Waals surface area (Å²) in [6, 6.07) is 52.2. The van der Waals surface area contributed by atoms with Crippen LogP contribution >= 0.6 is 0 Å². The van der Waals surface area contributed by atoms with Crippen LogP contribution in [0, 0.1) is 0 Å². The summed E-state index contributed by atoms with van der Waals surface area (Å²) in [5.41, 5.74) is 18.7. The van der Waals surface area contributed by atoms with Gasteiger partial charge in [-0.05, 0) is 122 Å². The number of nitrogen functional groups attached to an aromatic ring is 4. The number of fused-ring (bicyclic) bond motifs is 6. The summed E-state index contributed by atoms with van der Waals surface area (Å²) in [6.45, 7) is 0.472. The van der Waals surface area contributed by atoms with E-state index in [-0.39, 0.29) is 16.5 Å². The van der Waals surface area contributed by atoms with E-state index in [4.69, 9.17) is 22.9 Å². The van der Waals surface area contributed by atoms with E-state index in [1.165, 1.54) is 51.6 Å². The Balaban J connectivity index is 0.000000196. The first-order valence-corrected chi connectivity index (χ1v) is 22.0. The van der Waals surface area contributed by atoms with Gasteiger partial charge < -0.3 is 33.1 Å². The Morgan fingerprint density at radius 1 is 0.352 bits per heavy atom. The molecule has 15 heteroatoms. The maximum absolute atomic E-state index is 14.0. The summed E-state index contributed by atoms with van der Waals surface area (Å²) in [4.78, 5) is 0. The van der Waals surface area contributed by atoms with Crippen LogP contribution in [0.15, 0.2) is 182 Å². The van der Waals surface area contributed by atoms with Gasteiger partial charge in [-0.3, -0.25) is 0 Å². The highest BCUT2D eigenvalue weighted by atomic mass is 19.4. The molecule has 8 aromatic carbocycles. The molecule has 8 aromatic rings. The van der Waals surface area contributed by atoms with Crippen molar-refractivity contribution in [2.75, 3.05) is 22.9 Å². The molecular formula is C56H43F9N4O2. The molecule has 362 valence electrons. The molecule has 0 fully saturated rings. The molecule has 0 heterocycles. The van der Waals surface area contributed by atoms with Gasteiger partial charge in [0.05, 0.1) is 10.8 Å². The Bertz CT molecular complexity index is 3180. The SMILES string of the molecule is CC(O)(c1cc(C2(c3ccc(N)c(C(O)(C(F)(F)F)C(F)(F)F)c3)c3ccccc3-c3ccccc32)ccc1N)C(F)(F)F.Nc1ccc(C2(c3ccc(N)cc3)c3ccccc3-c3ccccc32)cc1. The Morgan fingerprint density at radius 2 is 0.634 bits per heavy atom. The second-order valence-corrected chi connectivity index (χ2v) is 17.8. The minimum atomic E-state index is -6.27. The zero-order chi connectivity index (χ0) is 51.1. The fraction of sp³-hybridized carbons (Fsp3) is 0.143. The summed E-state index contributed by atoms with van der Waals surface area (Å²) >= 11 is 0. The molecule has 0 saturated carbocycles. The molecule has 0 radical (unpaired) electrons. The lowest BCUT2D eigenvalue weighted by molar-refractivity contribution is -0.376. The van der Waals surface area contributed by atoms with E-state index < -0.39 is 57.6 Å². The van der Waals surface area contributed by atoms with E-state index in [9.17, 15) is 49.7 Å². The normalized spacial score (nSPS) is 15.3. The number of benzene rings is 8. The molecule has 1 unspecified atom stereocenters. The van der Waals surface area contributed by atoms with E-state index in [0.717, 1.165) is 35.6 Å². The number of hydrogen-bond acceptors (Lipinski definition) is 6. The molecule has 10 N–H and O–H groups in total. The van der Waals surface area contributed by atoms with E-state index in [1.54, 1.807) is 36.4 Å². The molecule has 2 aliphatic rings. The maximum Gasteiger partial charge on any atom is 0.430 e. The number of alkyl halides is 9. The van der Waals surface area contributed by atoms with Crippen molar-refractivity contribution in [3.05, 3.63) is 238 Å². The van der Waals surface area contributed by atoms with Gasteiger partial charge in [0.25, 0.3) is 5.60 Å². The quantitative estimate of drug-likeness (QED) is 0.0723. The zero-order valence-corrected chi connectivity index (χ0v) is 37.4. The molecular weight excluding hydrogens is 932 g/mol. The highest BCUT2D eigenvalue weighted by Crippen LogP contribution is 2.60. The van der Waals surface area contributed by atoms with Crippen LogP contribution in [0.4, 0.5) is 62.3 Å². The zero-order valence-electron chi connectivity index (χ0n) is 37.4. The highest BCUT2D eigenvalue weighted by Gasteiger charge is 2.72. The highest BCUT2D eigenvalue weighted by molar-refractivity contribution is 5.88. The molecule has 1 atom stereocenters. The second-order valence-electron chi connectivity index (χ2n) is 17.8. The summed E-state index contributed by atoms with van der Waals surface area (Å²) in [7, 11) is 0. The van der Waals surface area contributed by atoms with Crippen molar-refractivity contribution >= 4 is 22.7 Å². The van der Waals surface area contributed by atoms with Gasteiger partial charge in [-0.25, -0.2) is 0 Å². The van der Waals surface area contributed by atoms with Crippen molar-refractivity contribution < 1.29 is 49.7 Å². The minimum absolute atomic E-state index is 0.0677. The molecule has 2 aliphatic carbocycles. The fourth-order valence-corrected chi connectivity index (χ4v) is 10.4. The number of rotatable bonds is 6. The predicted molar refractivity (Wildman–Crippen MR) is 257 cm³/mol. The number of aliphatic hydroxyl groups is 2. The summed E-state index contributed by atoms with van der Waals surface area (Å²) < 4.78 is 126. The topological polar surface area (TPSA) is 145 Å². The van der Waals surface area contributed by atoms with Crippen molar-refractivity contribution in [2.24, 2.45) is 0 Å². The van der Waals surface area contributed by atoms with Crippen molar-refractivity contribution in [3.8, 4) is 22.3 Å². The molecule has 6 nitrogen and oxygen atoms in total. The monoisotopic (exact) mass is 974 g/mol. The van der Waals surface area contributed by atoms with E-state index in [0.29, 0.717) is 35.2 Å². The van der Waals surface area contributed by atoms with Gasteiger partial charge in [-0.1, -0.05) is 133 Å². The van der Waals surface area contributed by atoms with Gasteiger partial charge in [-0.15, -0.1) is 0 Å². The van der Waals surface area contributed by atoms with Gasteiger partial charge in [0.1, 0.15) is 0 Å². The lowest BCUT2D eigenvalue weighted by Crippen LogP contribution is -2.54. The molecule has 0 aromatic heterocycles. The van der Waals surface area contributed by atoms with Crippen molar-refractivity contribution in [2.45, 2.75) is 47.5 Å². The predicted octanol–water partition coefficient (Wildman–Crippen LogP) is 12.5. The lowest BCUT2D eigenvalue weighted by atomic mass is 9.66. The van der Waals surface area contributed by atoms with Gasteiger partial charge in [0.2, 0.25) is 0 Å². The maximum atomic E-state index is 14.0. The van der Waals surface area contributed by atoms with Crippen LogP contribution in [0.3, 0.4) is 0 Å². The molecule has 0 aliphatic heterocycles. The Morgan fingerprint density at radius 3 is 0.958 bits per heavy atom. The Labute approximate surface area is 401 Å². The van der Waals surface area contributed by atoms with Crippen LogP contribution in [-0.2, 0) is 22.0 Å². The minimum Gasteiger partial charge on any atom is -0.399 e. The molecule has 0 spiro atoms. The molecule has 71 heavy (non-hydrogen) atoms. The first-order valence-electron chi connectivity index (χ1n) is 22.0. The first-order chi connectivity index (χ1) is 33.4. The summed E-state index contributed by atoms with van der Waals surface area (Å²) in [6.07, 6.45) is -17.8. The lowest BCUT2D eigenvalue weighted by Gasteiger charge is -2.38. The van der Waals surface area contributed by atoms with Crippen molar-refractivity contribution in [1.82, 2.24) is 0 Å². The van der Waals surface area contributed by atoms with Crippen LogP contribution in [0.5, 0.6) is 0 Å². The van der Waals surface area contributed by atoms with Gasteiger partial charge in [-0.2, -0.15) is 39.5 Å². The third-order valence-electron chi connectivity index (χ3n) is 13.9. The standard InChI is InChI=1S/C31H23F9N2O2.C25H20N2/c1-26(43,29(32,33)34)22-14-16(10-12-24(22)41)27(20-8-4-2-6-18(20)19-7-3-5-9-21(19)27)17-11-13-25(42)23(15-17)28(44,30(35,36)37)31(38,39)40;26-19-13-9-17(10-14-19)25(18-11-15-20(27)16-12-18)23-7-3-1-5-21(23)22-6-2-4-8-24(22)25/h2-15,43-44H,41-42H2,1H3;1-16H,26-27H2. The average molecular weight is 975 g/mol. The van der Waals surface area contributed by atoms with E-state index >= 15 is 0 Å². The van der Waals surface area contributed by atoms with Crippen molar-refractivity contribution in [3.63, 3.8) is 0 Å². The van der Waals surface area contributed by atoms with Crippen LogP contribution in [0.25, 0.3) is 22.3 Å². The molecule has 10 rings (SSSR count). The Kier molecular flexibility index (Phi) is 11.4. The third-order valence-corrected chi connectivity index (χ3v) is 13.9. The average Bonchev–Trinajstić information content (AvgIpc) is 3.80. The summed E-state index contributed by atoms with van der Waals surface area (Å²) in [5, 5.41) is 20.9. The van der Waals surface area contributed by atoms with Gasteiger partial charge >= 0.3 is 18.5 Å². The van der Waals surface area contributed by atoms with E-state index in [1.807, 2.05) is 24.3 Å². The van der Waals surface area contributed by atoms with Crippen LogP contribution in [0.1, 0.15) is 62.6 Å². The largest absolute Gasteiger partial charge is 0.430 e. The number of nitrogens with two attached hydrogens (primary N) is 4. The number of anilines is 4. The second kappa shape index (κ2) is 16.7. The van der Waals surface area contributed by atoms with Crippen LogP contribution in [0.2, 0.25) is 0 Å². The molecule has 0 bridgehead atoms. The fourth-order valence-electron chi connectivity index (χ4n) is 10.4.